The van der Waals surface area contributed by atoms with Crippen LogP contribution in [-0.2, 0) is 6.18 Å². The summed E-state index contributed by atoms with van der Waals surface area (Å²) in [5.74, 6) is 0.456. The highest BCUT2D eigenvalue weighted by molar-refractivity contribution is 6.30. The largest absolute Gasteiger partial charge is 0.416 e. The van der Waals surface area contributed by atoms with Crippen molar-refractivity contribution in [1.29, 1.82) is 0 Å². The Labute approximate surface area is 151 Å². The van der Waals surface area contributed by atoms with Gasteiger partial charge in [0.15, 0.2) is 0 Å². The normalized spacial score (nSPS) is 11.8. The number of nitrogens with one attached hydrogen (secondary N) is 1. The molecule has 0 atom stereocenters. The smallest absolute Gasteiger partial charge is 0.338 e. The zero-order chi connectivity index (χ0) is 18.3. The maximum atomic E-state index is 12.9. The Morgan fingerprint density at radius 1 is 0.962 bits per heavy atom. The van der Waals surface area contributed by atoms with Crippen molar-refractivity contribution in [3.8, 4) is 22.6 Å². The fourth-order valence-electron chi connectivity index (χ4n) is 2.74. The molecule has 0 radical (unpaired) electrons. The van der Waals surface area contributed by atoms with Gasteiger partial charge < -0.3 is 4.98 Å². The molecule has 2 aromatic carbocycles. The van der Waals surface area contributed by atoms with Crippen molar-refractivity contribution in [1.82, 2.24) is 15.0 Å². The van der Waals surface area contributed by atoms with Crippen LogP contribution >= 0.6 is 11.6 Å². The summed E-state index contributed by atoms with van der Waals surface area (Å²) in [6.45, 7) is 0. The number of H-pyrrole nitrogens is 1. The highest BCUT2D eigenvalue weighted by atomic mass is 35.5. The average Bonchev–Trinajstić information content (AvgIpc) is 3.05. The molecule has 2 heterocycles. The van der Waals surface area contributed by atoms with E-state index in [1.807, 2.05) is 18.2 Å². The number of hydrogen-bond acceptors (Lipinski definition) is 2. The third-order valence-corrected chi connectivity index (χ3v) is 4.24. The van der Waals surface area contributed by atoms with Crippen LogP contribution < -0.4 is 0 Å². The van der Waals surface area contributed by atoms with Crippen molar-refractivity contribution < 1.29 is 13.2 Å². The molecule has 0 saturated carbocycles. The number of hydrogen-bond donors (Lipinski definition) is 1. The van der Waals surface area contributed by atoms with E-state index >= 15 is 0 Å². The first kappa shape index (κ1) is 16.6. The fourth-order valence-corrected chi connectivity index (χ4v) is 2.87. The number of rotatable bonds is 2. The number of halogens is 4. The molecule has 0 spiro atoms. The summed E-state index contributed by atoms with van der Waals surface area (Å²) < 4.78 is 38.7. The standard InChI is InChI=1S/C19H11ClF3N3/c20-13-6-3-11(4-7-13)17-14(2-1-9-24-17)18-25-15-8-5-12(19(21,22)23)10-16(15)26-18/h1-10H,(H,25,26). The lowest BCUT2D eigenvalue weighted by Gasteiger charge is -2.06. The van der Waals surface area contributed by atoms with Gasteiger partial charge in [0.25, 0.3) is 0 Å². The van der Waals surface area contributed by atoms with Gasteiger partial charge in [0.2, 0.25) is 0 Å². The van der Waals surface area contributed by atoms with E-state index in [1.54, 1.807) is 24.4 Å². The van der Waals surface area contributed by atoms with Crippen molar-refractivity contribution in [3.63, 3.8) is 0 Å². The molecule has 3 nitrogen and oxygen atoms in total. The number of benzene rings is 2. The number of aromatic amines is 1. The molecule has 0 saturated heterocycles. The molecule has 0 aliphatic heterocycles. The molecule has 1 N–H and O–H groups in total. The minimum absolute atomic E-state index is 0.251. The van der Waals surface area contributed by atoms with Gasteiger partial charge in [-0.3, -0.25) is 4.98 Å². The van der Waals surface area contributed by atoms with Gasteiger partial charge in [-0.1, -0.05) is 23.7 Å². The molecule has 130 valence electrons. The van der Waals surface area contributed by atoms with E-state index in [4.69, 9.17) is 11.6 Å². The van der Waals surface area contributed by atoms with Crippen LogP contribution in [-0.4, -0.2) is 15.0 Å². The van der Waals surface area contributed by atoms with Crippen LogP contribution in [0.25, 0.3) is 33.7 Å². The summed E-state index contributed by atoms with van der Waals surface area (Å²) in [6, 6.07) is 14.2. The van der Waals surface area contributed by atoms with Crippen molar-refractivity contribution >= 4 is 22.6 Å². The molecular weight excluding hydrogens is 363 g/mol. The minimum Gasteiger partial charge on any atom is -0.338 e. The third kappa shape index (κ3) is 3.04. The number of nitrogens with zero attached hydrogens (tertiary/aromatic N) is 2. The predicted molar refractivity (Wildman–Crippen MR) is 94.8 cm³/mol. The molecule has 4 rings (SSSR count). The molecule has 0 unspecified atom stereocenters. The monoisotopic (exact) mass is 373 g/mol. The topological polar surface area (TPSA) is 41.6 Å². The molecule has 2 aromatic heterocycles. The lowest BCUT2D eigenvalue weighted by Crippen LogP contribution is -2.04. The molecular formula is C19H11ClF3N3. The van der Waals surface area contributed by atoms with Crippen LogP contribution in [0.1, 0.15) is 5.56 Å². The number of alkyl halides is 3. The first-order valence-corrected chi connectivity index (χ1v) is 8.08. The first-order chi connectivity index (χ1) is 12.4. The molecule has 7 heteroatoms. The van der Waals surface area contributed by atoms with Crippen LogP contribution in [0.5, 0.6) is 0 Å². The van der Waals surface area contributed by atoms with E-state index in [2.05, 4.69) is 15.0 Å². The van der Waals surface area contributed by atoms with E-state index in [9.17, 15) is 13.2 Å². The lowest BCUT2D eigenvalue weighted by atomic mass is 10.1. The second-order valence-electron chi connectivity index (χ2n) is 5.72. The highest BCUT2D eigenvalue weighted by Crippen LogP contribution is 2.33. The van der Waals surface area contributed by atoms with E-state index in [-0.39, 0.29) is 5.52 Å². The highest BCUT2D eigenvalue weighted by Gasteiger charge is 2.30. The molecule has 4 aromatic rings. The summed E-state index contributed by atoms with van der Waals surface area (Å²) in [6.07, 6.45) is -2.76. The van der Waals surface area contributed by atoms with Gasteiger partial charge in [0.05, 0.1) is 22.3 Å². The Morgan fingerprint density at radius 3 is 2.46 bits per heavy atom. The van der Waals surface area contributed by atoms with Crippen molar-refractivity contribution in [3.05, 3.63) is 71.4 Å². The predicted octanol–water partition coefficient (Wildman–Crippen LogP) is 5.96. The van der Waals surface area contributed by atoms with Crippen LogP contribution in [0.3, 0.4) is 0 Å². The Hall–Kier alpha value is -2.86. The fraction of sp³-hybridized carbons (Fsp3) is 0.0526. The quantitative estimate of drug-likeness (QED) is 0.470. The van der Waals surface area contributed by atoms with Gasteiger partial charge >= 0.3 is 6.18 Å². The zero-order valence-electron chi connectivity index (χ0n) is 13.2. The lowest BCUT2D eigenvalue weighted by molar-refractivity contribution is -0.137. The van der Waals surface area contributed by atoms with Crippen molar-refractivity contribution in [2.45, 2.75) is 6.18 Å². The van der Waals surface area contributed by atoms with Crippen LogP contribution in [0, 0.1) is 0 Å². The summed E-state index contributed by atoms with van der Waals surface area (Å²) in [4.78, 5) is 11.8. The zero-order valence-corrected chi connectivity index (χ0v) is 13.9. The van der Waals surface area contributed by atoms with Crippen LogP contribution in [0.15, 0.2) is 60.8 Å². The van der Waals surface area contributed by atoms with E-state index in [0.717, 1.165) is 17.7 Å². The third-order valence-electron chi connectivity index (χ3n) is 3.99. The summed E-state index contributed by atoms with van der Waals surface area (Å²) >= 11 is 5.93. The minimum atomic E-state index is -4.41. The Morgan fingerprint density at radius 2 is 1.73 bits per heavy atom. The van der Waals surface area contributed by atoms with Gasteiger partial charge in [-0.2, -0.15) is 13.2 Å². The van der Waals surface area contributed by atoms with Gasteiger partial charge in [0.1, 0.15) is 5.82 Å². The number of imidazole rings is 1. The Balaban J connectivity index is 1.84. The maximum absolute atomic E-state index is 12.9. The number of fused-ring (bicyclic) bond motifs is 1. The van der Waals surface area contributed by atoms with Crippen LogP contribution in [0.4, 0.5) is 13.2 Å². The molecule has 0 bridgehead atoms. The van der Waals surface area contributed by atoms with Gasteiger partial charge in [-0.25, -0.2) is 4.98 Å². The van der Waals surface area contributed by atoms with E-state index < -0.39 is 11.7 Å². The second kappa shape index (κ2) is 6.14. The maximum Gasteiger partial charge on any atom is 0.416 e. The SMILES string of the molecule is FC(F)(F)c1ccc2[nH]c(-c3cccnc3-c3ccc(Cl)cc3)nc2c1. The second-order valence-corrected chi connectivity index (χ2v) is 6.16. The Bertz CT molecular complexity index is 1090. The van der Waals surface area contributed by atoms with E-state index in [0.29, 0.717) is 27.6 Å². The molecule has 0 amide bonds. The van der Waals surface area contributed by atoms with Crippen LogP contribution in [0.2, 0.25) is 5.02 Å². The molecule has 0 aliphatic carbocycles. The first-order valence-electron chi connectivity index (χ1n) is 7.70. The summed E-state index contributed by atoms with van der Waals surface area (Å²) in [5, 5.41) is 0.606. The van der Waals surface area contributed by atoms with Gasteiger partial charge in [-0.15, -0.1) is 0 Å². The summed E-state index contributed by atoms with van der Waals surface area (Å²) in [7, 11) is 0. The Kier molecular flexibility index (Phi) is 3.92. The molecule has 26 heavy (non-hydrogen) atoms. The molecule has 0 aliphatic rings. The van der Waals surface area contributed by atoms with Gasteiger partial charge in [-0.05, 0) is 42.5 Å². The number of aromatic nitrogens is 3. The van der Waals surface area contributed by atoms with Gasteiger partial charge in [0, 0.05) is 22.3 Å². The molecule has 0 fully saturated rings. The van der Waals surface area contributed by atoms with Crippen molar-refractivity contribution in [2.24, 2.45) is 0 Å². The van der Waals surface area contributed by atoms with E-state index in [1.165, 1.54) is 6.07 Å². The summed E-state index contributed by atoms with van der Waals surface area (Å²) in [5.41, 5.74) is 2.24. The number of pyridine rings is 1. The average molecular weight is 374 g/mol. The van der Waals surface area contributed by atoms with Crippen molar-refractivity contribution in [2.75, 3.05) is 0 Å².